The smallest absolute Gasteiger partial charge is 0.231 e. The van der Waals surface area contributed by atoms with Gasteiger partial charge in [0.25, 0.3) is 0 Å². The highest BCUT2D eigenvalue weighted by Crippen LogP contribution is 2.31. The molecule has 3 aromatic rings. The van der Waals surface area contributed by atoms with Gasteiger partial charge in [0.2, 0.25) is 5.91 Å². The second-order valence-electron chi connectivity index (χ2n) is 5.87. The van der Waals surface area contributed by atoms with Crippen LogP contribution in [0.2, 0.25) is 5.02 Å². The minimum atomic E-state index is -0.234. The number of anilines is 1. The topological polar surface area (TPSA) is 64.4 Å². The van der Waals surface area contributed by atoms with E-state index in [2.05, 4.69) is 10.3 Å². The molecule has 2 aromatic carbocycles. The molecule has 5 nitrogen and oxygen atoms in total. The SMILES string of the molecule is O=C(Nc1ccc(-c2cnco2)c(Cl)c1)[C@@H]1COc2ccccc2C1. The maximum atomic E-state index is 12.5. The number of fused-ring (bicyclic) bond motifs is 1. The monoisotopic (exact) mass is 354 g/mol. The first kappa shape index (κ1) is 15.7. The molecule has 1 atom stereocenters. The van der Waals surface area contributed by atoms with Crippen LogP contribution in [-0.2, 0) is 11.2 Å². The predicted molar refractivity (Wildman–Crippen MR) is 94.7 cm³/mol. The van der Waals surface area contributed by atoms with Gasteiger partial charge in [-0.05, 0) is 36.2 Å². The van der Waals surface area contributed by atoms with Crippen LogP contribution >= 0.6 is 11.6 Å². The van der Waals surface area contributed by atoms with Crippen molar-refractivity contribution in [2.75, 3.05) is 11.9 Å². The first-order chi connectivity index (χ1) is 12.2. The molecule has 126 valence electrons. The van der Waals surface area contributed by atoms with Crippen LogP contribution in [0.1, 0.15) is 5.56 Å². The summed E-state index contributed by atoms with van der Waals surface area (Å²) in [6, 6.07) is 13.1. The van der Waals surface area contributed by atoms with Crippen molar-refractivity contribution in [1.82, 2.24) is 4.98 Å². The number of para-hydroxylation sites is 1. The van der Waals surface area contributed by atoms with Gasteiger partial charge in [-0.15, -0.1) is 0 Å². The molecule has 1 aromatic heterocycles. The fraction of sp³-hybridized carbons (Fsp3) is 0.158. The molecule has 0 spiro atoms. The molecule has 0 aliphatic carbocycles. The molecule has 0 unspecified atom stereocenters. The molecule has 0 fully saturated rings. The number of nitrogens with zero attached hydrogens (tertiary/aromatic N) is 1. The Morgan fingerprint density at radius 3 is 2.92 bits per heavy atom. The molecule has 6 heteroatoms. The van der Waals surface area contributed by atoms with E-state index in [0.29, 0.717) is 29.5 Å². The average molecular weight is 355 g/mol. The first-order valence-electron chi connectivity index (χ1n) is 7.90. The van der Waals surface area contributed by atoms with Crippen LogP contribution in [0.5, 0.6) is 5.75 Å². The van der Waals surface area contributed by atoms with E-state index in [-0.39, 0.29) is 11.8 Å². The molecule has 0 bridgehead atoms. The zero-order valence-corrected chi connectivity index (χ0v) is 14.0. The standard InChI is InChI=1S/C19H15ClN2O3/c20-16-8-14(5-6-15(16)18-9-21-11-25-18)22-19(23)13-7-12-3-1-2-4-17(12)24-10-13/h1-6,8-9,11,13H,7,10H2,(H,22,23)/t13-/m0/s1. The third kappa shape index (κ3) is 3.23. The van der Waals surface area contributed by atoms with Gasteiger partial charge in [0.05, 0.1) is 17.1 Å². The molecule has 1 N–H and O–H groups in total. The van der Waals surface area contributed by atoms with E-state index in [1.165, 1.54) is 6.39 Å². The van der Waals surface area contributed by atoms with Gasteiger partial charge in [-0.3, -0.25) is 4.79 Å². The predicted octanol–water partition coefficient (Wildman–Crippen LogP) is 4.18. The number of halogens is 1. The summed E-state index contributed by atoms with van der Waals surface area (Å²) in [7, 11) is 0. The Morgan fingerprint density at radius 2 is 2.12 bits per heavy atom. The lowest BCUT2D eigenvalue weighted by molar-refractivity contribution is -0.121. The van der Waals surface area contributed by atoms with Gasteiger partial charge in [-0.1, -0.05) is 29.8 Å². The molecule has 4 rings (SSSR count). The average Bonchev–Trinajstić information content (AvgIpc) is 3.15. The summed E-state index contributed by atoms with van der Waals surface area (Å²) in [6.07, 6.45) is 3.60. The van der Waals surface area contributed by atoms with Crippen LogP contribution in [0.15, 0.2) is 59.5 Å². The number of carbonyl (C=O) groups is 1. The van der Waals surface area contributed by atoms with Gasteiger partial charge < -0.3 is 14.5 Å². The van der Waals surface area contributed by atoms with Gasteiger partial charge in [0, 0.05) is 11.3 Å². The van der Waals surface area contributed by atoms with Crippen molar-refractivity contribution in [2.24, 2.45) is 5.92 Å². The molecule has 2 heterocycles. The van der Waals surface area contributed by atoms with Gasteiger partial charge in [-0.25, -0.2) is 4.98 Å². The number of ether oxygens (including phenoxy) is 1. The summed E-state index contributed by atoms with van der Waals surface area (Å²) in [5.41, 5.74) is 2.41. The number of hydrogen-bond acceptors (Lipinski definition) is 4. The van der Waals surface area contributed by atoms with E-state index >= 15 is 0 Å². The Morgan fingerprint density at radius 1 is 1.24 bits per heavy atom. The van der Waals surface area contributed by atoms with E-state index in [4.69, 9.17) is 20.8 Å². The number of carbonyl (C=O) groups excluding carboxylic acids is 1. The van der Waals surface area contributed by atoms with Crippen LogP contribution in [-0.4, -0.2) is 17.5 Å². The van der Waals surface area contributed by atoms with Crippen molar-refractivity contribution < 1.29 is 13.9 Å². The molecule has 1 aliphatic heterocycles. The minimum absolute atomic E-state index is 0.0852. The highest BCUT2D eigenvalue weighted by molar-refractivity contribution is 6.33. The normalized spacial score (nSPS) is 16.0. The maximum absolute atomic E-state index is 12.5. The van der Waals surface area contributed by atoms with Gasteiger partial charge in [0.1, 0.15) is 12.4 Å². The van der Waals surface area contributed by atoms with Crippen molar-refractivity contribution in [3.05, 3.63) is 65.6 Å². The molecular formula is C19H15ClN2O3. The Kier molecular flexibility index (Phi) is 4.15. The summed E-state index contributed by atoms with van der Waals surface area (Å²) < 4.78 is 10.9. The Bertz CT molecular complexity index is 909. The molecule has 0 radical (unpaired) electrons. The second kappa shape index (κ2) is 6.61. The van der Waals surface area contributed by atoms with E-state index in [0.717, 1.165) is 16.9 Å². The van der Waals surface area contributed by atoms with Gasteiger partial charge in [-0.2, -0.15) is 0 Å². The fourth-order valence-electron chi connectivity index (χ4n) is 2.88. The van der Waals surface area contributed by atoms with E-state index in [1.54, 1.807) is 24.4 Å². The number of amides is 1. The third-order valence-electron chi connectivity index (χ3n) is 4.18. The number of oxazole rings is 1. The molecule has 25 heavy (non-hydrogen) atoms. The number of hydrogen-bond donors (Lipinski definition) is 1. The van der Waals surface area contributed by atoms with Crippen molar-refractivity contribution >= 4 is 23.2 Å². The zero-order chi connectivity index (χ0) is 17.2. The summed E-state index contributed by atoms with van der Waals surface area (Å²) in [5.74, 6) is 1.12. The number of rotatable bonds is 3. The van der Waals surface area contributed by atoms with Crippen LogP contribution in [0.25, 0.3) is 11.3 Å². The lowest BCUT2D eigenvalue weighted by Gasteiger charge is -2.24. The number of nitrogens with one attached hydrogen (secondary N) is 1. The largest absolute Gasteiger partial charge is 0.492 e. The van der Waals surface area contributed by atoms with E-state index in [9.17, 15) is 4.79 Å². The van der Waals surface area contributed by atoms with Crippen LogP contribution in [0, 0.1) is 5.92 Å². The van der Waals surface area contributed by atoms with Crippen molar-refractivity contribution in [3.63, 3.8) is 0 Å². The lowest BCUT2D eigenvalue weighted by atomic mass is 9.96. The first-order valence-corrected chi connectivity index (χ1v) is 8.28. The Labute approximate surface area is 149 Å². The summed E-state index contributed by atoms with van der Waals surface area (Å²) in [5, 5.41) is 3.39. The highest BCUT2D eigenvalue weighted by atomic mass is 35.5. The molecule has 0 saturated heterocycles. The van der Waals surface area contributed by atoms with Crippen molar-refractivity contribution in [2.45, 2.75) is 6.42 Å². The van der Waals surface area contributed by atoms with Gasteiger partial charge >= 0.3 is 0 Å². The molecule has 0 saturated carbocycles. The number of aromatic nitrogens is 1. The van der Waals surface area contributed by atoms with Crippen molar-refractivity contribution in [3.8, 4) is 17.1 Å². The summed E-state index contributed by atoms with van der Waals surface area (Å²) >= 11 is 6.29. The van der Waals surface area contributed by atoms with E-state index in [1.807, 2.05) is 24.3 Å². The van der Waals surface area contributed by atoms with Crippen LogP contribution in [0.3, 0.4) is 0 Å². The second-order valence-corrected chi connectivity index (χ2v) is 6.28. The molecule has 1 amide bonds. The third-order valence-corrected chi connectivity index (χ3v) is 4.50. The Hall–Kier alpha value is -2.79. The van der Waals surface area contributed by atoms with Crippen LogP contribution in [0.4, 0.5) is 5.69 Å². The highest BCUT2D eigenvalue weighted by Gasteiger charge is 2.26. The number of benzene rings is 2. The lowest BCUT2D eigenvalue weighted by Crippen LogP contribution is -2.32. The molecular weight excluding hydrogens is 340 g/mol. The quantitative estimate of drug-likeness (QED) is 0.766. The van der Waals surface area contributed by atoms with Crippen molar-refractivity contribution in [1.29, 1.82) is 0 Å². The van der Waals surface area contributed by atoms with Gasteiger partial charge in [0.15, 0.2) is 12.2 Å². The maximum Gasteiger partial charge on any atom is 0.231 e. The fourth-order valence-corrected chi connectivity index (χ4v) is 3.16. The van der Waals surface area contributed by atoms with E-state index < -0.39 is 0 Å². The molecule has 1 aliphatic rings. The minimum Gasteiger partial charge on any atom is -0.492 e. The zero-order valence-electron chi connectivity index (χ0n) is 13.2. The summed E-state index contributed by atoms with van der Waals surface area (Å²) in [4.78, 5) is 16.4. The van der Waals surface area contributed by atoms with Crippen LogP contribution < -0.4 is 10.1 Å². The Balaban J connectivity index is 1.47. The summed E-state index contributed by atoms with van der Waals surface area (Å²) in [6.45, 7) is 0.368.